The van der Waals surface area contributed by atoms with E-state index >= 15 is 0 Å². The summed E-state index contributed by atoms with van der Waals surface area (Å²) in [4.78, 5) is 0. The maximum atomic E-state index is 3.35. The van der Waals surface area contributed by atoms with Crippen LogP contribution in [0.4, 0.5) is 0 Å². The predicted octanol–water partition coefficient (Wildman–Crippen LogP) is 4.04. The number of aryl methyl sites for hydroxylation is 2. The number of hydrogen-bond donors (Lipinski definition) is 1. The highest BCUT2D eigenvalue weighted by Crippen LogP contribution is 2.30. The van der Waals surface area contributed by atoms with Gasteiger partial charge >= 0.3 is 0 Å². The zero-order valence-corrected chi connectivity index (χ0v) is 12.0. The quantitative estimate of drug-likeness (QED) is 0.782. The number of rotatable bonds is 6. The van der Waals surface area contributed by atoms with Gasteiger partial charge in [0.15, 0.2) is 0 Å². The van der Waals surface area contributed by atoms with Crippen LogP contribution in [0.5, 0.6) is 0 Å². The molecule has 0 amide bonds. The summed E-state index contributed by atoms with van der Waals surface area (Å²) in [5.74, 6) is 1.43. The largest absolute Gasteiger partial charge is 0.319 e. The first-order chi connectivity index (χ1) is 8.13. The first-order valence-corrected chi connectivity index (χ1v) is 6.85. The first kappa shape index (κ1) is 14.2. The van der Waals surface area contributed by atoms with E-state index in [-0.39, 0.29) is 0 Å². The van der Waals surface area contributed by atoms with Crippen LogP contribution in [0.15, 0.2) is 18.2 Å². The Balaban J connectivity index is 2.99. The maximum absolute atomic E-state index is 3.35. The van der Waals surface area contributed by atoms with Crippen molar-refractivity contribution in [2.75, 3.05) is 13.6 Å². The fourth-order valence-corrected chi connectivity index (χ4v) is 2.63. The molecule has 0 aromatic heterocycles. The van der Waals surface area contributed by atoms with Crippen molar-refractivity contribution in [2.24, 2.45) is 5.92 Å². The van der Waals surface area contributed by atoms with E-state index in [1.165, 1.54) is 29.5 Å². The summed E-state index contributed by atoms with van der Waals surface area (Å²) in [6, 6.07) is 6.94. The Bertz CT molecular complexity index is 339. The summed E-state index contributed by atoms with van der Waals surface area (Å²) in [6.07, 6.45) is 2.52. The zero-order valence-electron chi connectivity index (χ0n) is 12.0. The van der Waals surface area contributed by atoms with Gasteiger partial charge < -0.3 is 5.32 Å². The molecule has 0 saturated carbocycles. The van der Waals surface area contributed by atoms with Gasteiger partial charge in [-0.25, -0.2) is 0 Å². The van der Waals surface area contributed by atoms with Gasteiger partial charge in [-0.1, -0.05) is 44.9 Å². The second kappa shape index (κ2) is 6.80. The highest BCUT2D eigenvalue weighted by atomic mass is 14.8. The molecule has 0 bridgehead atoms. The van der Waals surface area contributed by atoms with Crippen LogP contribution >= 0.6 is 0 Å². The topological polar surface area (TPSA) is 12.0 Å². The maximum Gasteiger partial charge on any atom is 0.00198 e. The van der Waals surface area contributed by atoms with Gasteiger partial charge in [0.1, 0.15) is 0 Å². The fraction of sp³-hybridized carbons (Fsp3) is 0.625. The molecule has 1 N–H and O–H groups in total. The van der Waals surface area contributed by atoms with E-state index in [4.69, 9.17) is 0 Å². The minimum absolute atomic E-state index is 0.647. The van der Waals surface area contributed by atoms with Crippen molar-refractivity contribution in [2.45, 2.75) is 46.5 Å². The van der Waals surface area contributed by atoms with Gasteiger partial charge in [0.2, 0.25) is 0 Å². The molecule has 1 aromatic rings. The van der Waals surface area contributed by atoms with Gasteiger partial charge in [-0.05, 0) is 49.4 Å². The molecule has 0 fully saturated rings. The van der Waals surface area contributed by atoms with Crippen LogP contribution in [-0.2, 0) is 0 Å². The second-order valence-corrected chi connectivity index (χ2v) is 5.08. The van der Waals surface area contributed by atoms with E-state index in [9.17, 15) is 0 Å². The van der Waals surface area contributed by atoms with Gasteiger partial charge in [0.05, 0.1) is 0 Å². The lowest BCUT2D eigenvalue weighted by Crippen LogP contribution is -2.23. The van der Waals surface area contributed by atoms with E-state index in [0.29, 0.717) is 5.92 Å². The third-order valence-electron chi connectivity index (χ3n) is 4.00. The van der Waals surface area contributed by atoms with Crippen molar-refractivity contribution < 1.29 is 0 Å². The molecule has 0 aliphatic heterocycles. The summed E-state index contributed by atoms with van der Waals surface area (Å²) < 4.78 is 0. The molecule has 1 nitrogen and oxygen atoms in total. The Morgan fingerprint density at radius 1 is 1.06 bits per heavy atom. The predicted molar refractivity (Wildman–Crippen MR) is 76.7 cm³/mol. The summed E-state index contributed by atoms with van der Waals surface area (Å²) in [5.41, 5.74) is 4.30. The van der Waals surface area contributed by atoms with E-state index in [2.05, 4.69) is 58.3 Å². The second-order valence-electron chi connectivity index (χ2n) is 5.08. The normalized spacial score (nSPS) is 13.1. The molecule has 0 spiro atoms. The van der Waals surface area contributed by atoms with E-state index < -0.39 is 0 Å². The van der Waals surface area contributed by atoms with Gasteiger partial charge in [-0.15, -0.1) is 0 Å². The standard InChI is InChI=1S/C16H27N/c1-6-14(7-2)16(11-17-5)15-9-8-12(3)13(4)10-15/h8-10,14,16-17H,6-7,11H2,1-5H3. The summed E-state index contributed by atoms with van der Waals surface area (Å²) in [6.45, 7) is 10.1. The molecule has 0 radical (unpaired) electrons. The molecule has 0 heterocycles. The fourth-order valence-electron chi connectivity index (χ4n) is 2.63. The van der Waals surface area contributed by atoms with Crippen LogP contribution in [0.3, 0.4) is 0 Å². The lowest BCUT2D eigenvalue weighted by atomic mass is 9.82. The zero-order chi connectivity index (χ0) is 12.8. The number of likely N-dealkylation sites (N-methyl/N-ethyl adjacent to an activating group) is 1. The van der Waals surface area contributed by atoms with Crippen LogP contribution in [-0.4, -0.2) is 13.6 Å². The molecule has 1 aromatic carbocycles. The molecule has 1 unspecified atom stereocenters. The van der Waals surface area contributed by atoms with Gasteiger partial charge in [-0.2, -0.15) is 0 Å². The molecule has 17 heavy (non-hydrogen) atoms. The Kier molecular flexibility index (Phi) is 5.70. The summed E-state index contributed by atoms with van der Waals surface area (Å²) in [7, 11) is 2.05. The highest BCUT2D eigenvalue weighted by molar-refractivity contribution is 5.32. The molecule has 0 saturated heterocycles. The molecule has 1 rings (SSSR count). The van der Waals surface area contributed by atoms with Gasteiger partial charge in [-0.3, -0.25) is 0 Å². The van der Waals surface area contributed by atoms with E-state index in [1.807, 2.05) is 0 Å². The van der Waals surface area contributed by atoms with Crippen LogP contribution in [0.2, 0.25) is 0 Å². The third kappa shape index (κ3) is 3.57. The molecule has 0 aliphatic rings. The highest BCUT2D eigenvalue weighted by Gasteiger charge is 2.19. The summed E-state index contributed by atoms with van der Waals surface area (Å²) in [5, 5.41) is 3.35. The van der Waals surface area contributed by atoms with Crippen molar-refractivity contribution in [1.82, 2.24) is 5.32 Å². The van der Waals surface area contributed by atoms with Crippen LogP contribution in [0.25, 0.3) is 0 Å². The third-order valence-corrected chi connectivity index (χ3v) is 4.00. The average molecular weight is 233 g/mol. The van der Waals surface area contributed by atoms with E-state index in [0.717, 1.165) is 12.5 Å². The molecule has 96 valence electrons. The van der Waals surface area contributed by atoms with E-state index in [1.54, 1.807) is 0 Å². The van der Waals surface area contributed by atoms with Crippen LogP contribution in [0.1, 0.15) is 49.3 Å². The molecular weight excluding hydrogens is 206 g/mol. The first-order valence-electron chi connectivity index (χ1n) is 6.85. The van der Waals surface area contributed by atoms with Crippen molar-refractivity contribution in [1.29, 1.82) is 0 Å². The van der Waals surface area contributed by atoms with Crippen LogP contribution < -0.4 is 5.32 Å². The molecule has 0 aliphatic carbocycles. The monoisotopic (exact) mass is 233 g/mol. The smallest absolute Gasteiger partial charge is 0.00198 e. The lowest BCUT2D eigenvalue weighted by Gasteiger charge is -2.26. The molecule has 1 heteroatoms. The summed E-state index contributed by atoms with van der Waals surface area (Å²) >= 11 is 0. The number of benzene rings is 1. The van der Waals surface area contributed by atoms with Crippen molar-refractivity contribution in [3.63, 3.8) is 0 Å². The van der Waals surface area contributed by atoms with Crippen molar-refractivity contribution in [3.8, 4) is 0 Å². The SMILES string of the molecule is CCC(CC)C(CNC)c1ccc(C)c(C)c1. The van der Waals surface area contributed by atoms with Crippen LogP contribution in [0, 0.1) is 19.8 Å². The van der Waals surface area contributed by atoms with Gasteiger partial charge in [0.25, 0.3) is 0 Å². The molecular formula is C16H27N. The number of nitrogens with one attached hydrogen (secondary N) is 1. The minimum Gasteiger partial charge on any atom is -0.319 e. The Morgan fingerprint density at radius 3 is 2.18 bits per heavy atom. The Labute approximate surface area is 107 Å². The van der Waals surface area contributed by atoms with Gasteiger partial charge in [0, 0.05) is 6.54 Å². The lowest BCUT2D eigenvalue weighted by molar-refractivity contribution is 0.387. The molecule has 1 atom stereocenters. The minimum atomic E-state index is 0.647. The average Bonchev–Trinajstić information content (AvgIpc) is 2.33. The Hall–Kier alpha value is -0.820. The van der Waals surface area contributed by atoms with Crippen molar-refractivity contribution >= 4 is 0 Å². The van der Waals surface area contributed by atoms with Crippen molar-refractivity contribution in [3.05, 3.63) is 34.9 Å². The number of hydrogen-bond acceptors (Lipinski definition) is 1. The Morgan fingerprint density at radius 2 is 1.71 bits per heavy atom.